The Hall–Kier alpha value is -5.54. The number of fused-ring (bicyclic) bond motifs is 2. The number of thiazole rings is 1. The highest BCUT2D eigenvalue weighted by Gasteiger charge is 2.54. The van der Waals surface area contributed by atoms with Gasteiger partial charge >= 0.3 is 5.97 Å². The van der Waals surface area contributed by atoms with Crippen molar-refractivity contribution in [2.75, 3.05) is 44.2 Å². The predicted octanol–water partition coefficient (Wildman–Crippen LogP) is -0.502. The summed E-state index contributed by atoms with van der Waals surface area (Å²) in [6.07, 6.45) is 1.71. The Labute approximate surface area is 327 Å². The second-order valence-corrected chi connectivity index (χ2v) is 16.3. The average Bonchev–Trinajstić information content (AvgIpc) is 3.80. The fourth-order valence-electron chi connectivity index (χ4n) is 6.98. The monoisotopic (exact) mass is 811 g/mol. The number of aromatic nitrogens is 3. The third kappa shape index (κ3) is 7.65. The second kappa shape index (κ2) is 15.5. The molecule has 6 rings (SSSR count). The van der Waals surface area contributed by atoms with Crippen molar-refractivity contribution in [3.05, 3.63) is 56.0 Å². The van der Waals surface area contributed by atoms with Crippen LogP contribution in [0, 0.1) is 6.92 Å². The highest BCUT2D eigenvalue weighted by atomic mass is 32.2. The summed E-state index contributed by atoms with van der Waals surface area (Å²) in [5.74, 6) is -5.04. The van der Waals surface area contributed by atoms with E-state index in [9.17, 15) is 44.1 Å². The molecular weight excluding hydrogens is 771 g/mol. The standard InChI is InChI=1S/C35H41N9O10S2/c1-5-42-21-12-17(2)22(45)13-19(21)27(46)24(40-42)28(47)37-8-11-44(9-6-7-10-44)14-18-15-55-31-25(30(49)43(31)26(18)32(50)51)39-29(48)23(20-16-56-34(36)38-20)41-54-35(3,4)33(52)53/h12-13,16,25,31H,5-11,14-15H2,1-4H3,(H6-,36,37,38,39,45,47,48,50,51,52,53)/b41-23-/t25-,31-/m1/s1. The lowest BCUT2D eigenvalue weighted by atomic mass is 10.0. The number of nitrogens with one attached hydrogen (secondary N) is 2. The van der Waals surface area contributed by atoms with Gasteiger partial charge in [0.05, 0.1) is 48.7 Å². The van der Waals surface area contributed by atoms with Crippen molar-refractivity contribution in [3.63, 3.8) is 0 Å². The molecule has 19 nitrogen and oxygen atoms in total. The minimum atomic E-state index is -1.81. The van der Waals surface area contributed by atoms with Crippen LogP contribution in [0.15, 0.2) is 38.7 Å². The zero-order valence-electron chi connectivity index (χ0n) is 31.0. The zero-order chi connectivity index (χ0) is 40.7. The molecule has 0 saturated carbocycles. The number of benzene rings is 1. The first-order valence-corrected chi connectivity index (χ1v) is 19.7. The maximum Gasteiger partial charge on any atom is 0.350 e. The number of rotatable bonds is 14. The van der Waals surface area contributed by atoms with Crippen LogP contribution in [-0.4, -0.2) is 125 Å². The Bertz CT molecular complexity index is 2260. The number of carbonyl (C=O) groups is 5. The molecule has 3 amide bonds. The lowest BCUT2D eigenvalue weighted by Gasteiger charge is -2.51. The molecule has 0 bridgehead atoms. The summed E-state index contributed by atoms with van der Waals surface area (Å²) in [4.78, 5) is 88.1. The van der Waals surface area contributed by atoms with E-state index in [0.717, 1.165) is 29.1 Å². The Morgan fingerprint density at radius 3 is 2.54 bits per heavy atom. The van der Waals surface area contributed by atoms with Crippen LogP contribution < -0.4 is 26.9 Å². The number of aryl methyl sites for hydroxylation is 2. The zero-order valence-corrected chi connectivity index (χ0v) is 32.6. The van der Waals surface area contributed by atoms with Crippen molar-refractivity contribution in [2.24, 2.45) is 5.16 Å². The molecule has 0 aliphatic carbocycles. The van der Waals surface area contributed by atoms with Gasteiger partial charge in [0.25, 0.3) is 17.7 Å². The number of phenolic OH excluding ortho intramolecular Hbond substituents is 1. The maximum atomic E-state index is 13.5. The van der Waals surface area contributed by atoms with Gasteiger partial charge < -0.3 is 45.8 Å². The number of β-lactam (4-membered cyclic amide) rings is 1. The van der Waals surface area contributed by atoms with Crippen LogP contribution in [0.1, 0.15) is 55.4 Å². The predicted molar refractivity (Wildman–Crippen MR) is 202 cm³/mol. The number of thioether (sulfide) groups is 1. The van der Waals surface area contributed by atoms with Crippen LogP contribution in [0.5, 0.6) is 5.75 Å². The SMILES string of the molecule is CCn1nc(C(=O)NCC[N+]2(CC3=C(C(=O)[O-])N4C(=O)[C@@H](NC(=O)/C(=N\OC(C)(C)C(=O)O)c5csc(N)n5)[C@H]4SC3)CCCC2)c(=O)c2cc(O)c(C)cc21. The molecule has 56 heavy (non-hydrogen) atoms. The Morgan fingerprint density at radius 2 is 1.91 bits per heavy atom. The number of nitrogens with two attached hydrogens (primary N) is 1. The lowest BCUT2D eigenvalue weighted by Crippen LogP contribution is -2.72. The largest absolute Gasteiger partial charge is 0.543 e. The van der Waals surface area contributed by atoms with Gasteiger partial charge in [-0.25, -0.2) is 9.78 Å². The Morgan fingerprint density at radius 1 is 1.20 bits per heavy atom. The van der Waals surface area contributed by atoms with Crippen LogP contribution in [0.4, 0.5) is 5.13 Å². The van der Waals surface area contributed by atoms with E-state index in [-0.39, 0.29) is 52.2 Å². The summed E-state index contributed by atoms with van der Waals surface area (Å²) in [6, 6.07) is 1.82. The fraction of sp³-hybridized carbons (Fsp3) is 0.457. The minimum absolute atomic E-state index is 0.0125. The molecule has 3 aromatic rings. The smallest absolute Gasteiger partial charge is 0.350 e. The van der Waals surface area contributed by atoms with Gasteiger partial charge in [0, 0.05) is 36.1 Å². The summed E-state index contributed by atoms with van der Waals surface area (Å²) in [5, 5.41) is 46.6. The van der Waals surface area contributed by atoms with Crippen molar-refractivity contribution in [2.45, 2.75) is 64.1 Å². The number of likely N-dealkylation sites (tertiary alicyclic amines) is 1. The number of carboxylic acid groups (broad SMARTS) is 2. The van der Waals surface area contributed by atoms with Crippen LogP contribution in [0.2, 0.25) is 0 Å². The fourth-order valence-corrected chi connectivity index (χ4v) is 8.86. The number of carbonyl (C=O) groups excluding carboxylic acids is 4. The normalized spacial score (nSPS) is 19.4. The van der Waals surface area contributed by atoms with E-state index in [0.29, 0.717) is 47.3 Å². The molecule has 1 aromatic carbocycles. The van der Waals surface area contributed by atoms with Crippen LogP contribution in [0.25, 0.3) is 10.9 Å². The van der Waals surface area contributed by atoms with Crippen molar-refractivity contribution in [1.82, 2.24) is 30.3 Å². The van der Waals surface area contributed by atoms with E-state index in [2.05, 4.69) is 25.9 Å². The van der Waals surface area contributed by atoms with Gasteiger partial charge in [-0.05, 0) is 45.4 Å². The molecule has 298 valence electrons. The molecule has 2 atom stereocenters. The van der Waals surface area contributed by atoms with Crippen LogP contribution in [0.3, 0.4) is 0 Å². The molecule has 3 aliphatic rings. The van der Waals surface area contributed by atoms with Crippen LogP contribution >= 0.6 is 23.1 Å². The number of amides is 3. The number of aromatic hydroxyl groups is 1. The molecule has 2 aromatic heterocycles. The first kappa shape index (κ1) is 40.1. The van der Waals surface area contributed by atoms with Crippen molar-refractivity contribution >= 4 is 74.5 Å². The third-order valence-electron chi connectivity index (χ3n) is 10.1. The average molecular weight is 812 g/mol. The van der Waals surface area contributed by atoms with Gasteiger partial charge in [0.15, 0.2) is 16.5 Å². The second-order valence-electron chi connectivity index (χ2n) is 14.3. The van der Waals surface area contributed by atoms with E-state index in [1.54, 1.807) is 13.0 Å². The summed E-state index contributed by atoms with van der Waals surface area (Å²) >= 11 is 2.26. The number of hydrogen-bond acceptors (Lipinski definition) is 15. The van der Waals surface area contributed by atoms with Gasteiger partial charge in [-0.3, -0.25) is 28.8 Å². The molecule has 6 N–H and O–H groups in total. The molecule has 0 radical (unpaired) electrons. The van der Waals surface area contributed by atoms with E-state index in [1.165, 1.54) is 41.7 Å². The van der Waals surface area contributed by atoms with Gasteiger partial charge in [0.1, 0.15) is 29.4 Å². The van der Waals surface area contributed by atoms with Gasteiger partial charge in [-0.2, -0.15) is 5.10 Å². The van der Waals surface area contributed by atoms with Crippen molar-refractivity contribution in [1.29, 1.82) is 0 Å². The highest BCUT2D eigenvalue weighted by Crippen LogP contribution is 2.41. The first-order chi connectivity index (χ1) is 26.5. The molecule has 2 fully saturated rings. The minimum Gasteiger partial charge on any atom is -0.543 e. The molecule has 2 saturated heterocycles. The molecule has 3 aliphatic heterocycles. The summed E-state index contributed by atoms with van der Waals surface area (Å²) in [5.41, 5.74) is 3.83. The number of aliphatic carboxylic acids is 2. The first-order valence-electron chi connectivity index (χ1n) is 17.7. The Balaban J connectivity index is 1.16. The number of anilines is 1. The van der Waals surface area contributed by atoms with E-state index in [4.69, 9.17) is 10.6 Å². The molecule has 5 heterocycles. The van der Waals surface area contributed by atoms with Crippen molar-refractivity contribution < 1.29 is 48.6 Å². The maximum absolute atomic E-state index is 13.5. The number of carboxylic acids is 2. The number of oxime groups is 1. The molecule has 0 spiro atoms. The van der Waals surface area contributed by atoms with Gasteiger partial charge in [0.2, 0.25) is 11.0 Å². The van der Waals surface area contributed by atoms with E-state index < -0.39 is 57.8 Å². The number of nitrogens with zero attached hydrogens (tertiary/aromatic N) is 6. The third-order valence-corrected chi connectivity index (χ3v) is 12.1. The quantitative estimate of drug-likeness (QED) is 0.0595. The molecular formula is C35H41N9O10S2. The molecule has 21 heteroatoms. The van der Waals surface area contributed by atoms with Gasteiger partial charge in [-0.15, -0.1) is 23.1 Å². The van der Waals surface area contributed by atoms with Crippen molar-refractivity contribution in [3.8, 4) is 5.75 Å². The van der Waals surface area contributed by atoms with E-state index in [1.807, 2.05) is 6.92 Å². The van der Waals surface area contributed by atoms with Gasteiger partial charge in [-0.1, -0.05) is 5.16 Å². The number of hydrogen-bond donors (Lipinski definition) is 5. The summed E-state index contributed by atoms with van der Waals surface area (Å²) in [7, 11) is 0. The van der Waals surface area contributed by atoms with E-state index >= 15 is 0 Å². The Kier molecular flexibility index (Phi) is 11.1. The number of phenols is 1. The topological polar surface area (TPSA) is 272 Å². The lowest BCUT2D eigenvalue weighted by molar-refractivity contribution is -0.911. The number of quaternary nitrogens is 1. The van der Waals surface area contributed by atoms with Crippen LogP contribution in [-0.2, 0) is 30.6 Å². The number of nitrogen functional groups attached to an aromatic ring is 1. The highest BCUT2D eigenvalue weighted by molar-refractivity contribution is 8.00. The summed E-state index contributed by atoms with van der Waals surface area (Å²) < 4.78 is 1.95. The molecule has 0 unspecified atom stereocenters. The summed E-state index contributed by atoms with van der Waals surface area (Å²) in [6.45, 7) is 8.52.